The summed E-state index contributed by atoms with van der Waals surface area (Å²) in [5, 5.41) is 0. The van der Waals surface area contributed by atoms with E-state index in [9.17, 15) is 0 Å². The quantitative estimate of drug-likeness (QED) is 0.706. The van der Waals surface area contributed by atoms with E-state index in [1.165, 1.54) is 32.1 Å². The average Bonchev–Trinajstić information content (AvgIpc) is 3.21. The van der Waals surface area contributed by atoms with Crippen molar-refractivity contribution in [2.75, 3.05) is 0 Å². The van der Waals surface area contributed by atoms with E-state index < -0.39 is 0 Å². The van der Waals surface area contributed by atoms with Crippen molar-refractivity contribution in [1.82, 2.24) is 0 Å². The summed E-state index contributed by atoms with van der Waals surface area (Å²) in [6.07, 6.45) is 12.0. The minimum absolute atomic E-state index is 0.574. The van der Waals surface area contributed by atoms with Gasteiger partial charge in [0.15, 0.2) is 0 Å². The largest absolute Gasteiger partial charge is 0.0613 e. The molecular weight excluding hydrogens is 228 g/mol. The second-order valence-corrected chi connectivity index (χ2v) is 7.97. The van der Waals surface area contributed by atoms with Crippen molar-refractivity contribution in [3.8, 4) is 0 Å². The van der Waals surface area contributed by atoms with Gasteiger partial charge in [0, 0.05) is 0 Å². The highest BCUT2D eigenvalue weighted by Crippen LogP contribution is 2.62. The van der Waals surface area contributed by atoms with Crippen LogP contribution in [0.25, 0.3) is 0 Å². The van der Waals surface area contributed by atoms with Crippen LogP contribution in [0.5, 0.6) is 0 Å². The van der Waals surface area contributed by atoms with Gasteiger partial charge in [-0.3, -0.25) is 0 Å². The SMILES string of the molecule is [c]1cccc(C23CC4CC(CC(C4)C2)C3)c1C1CC1. The first kappa shape index (κ1) is 10.9. The standard InChI is InChI=1S/C19H23/c1-2-4-18(17(3-1)16-5-6-16)19-10-13-7-14(11-19)9-15(8-13)12-19/h1-2,4,13-16H,5-12H2. The Morgan fingerprint density at radius 1 is 0.947 bits per heavy atom. The van der Waals surface area contributed by atoms with Crippen molar-refractivity contribution in [2.45, 2.75) is 62.7 Å². The van der Waals surface area contributed by atoms with Gasteiger partial charge in [0.2, 0.25) is 0 Å². The van der Waals surface area contributed by atoms with Gasteiger partial charge in [0.05, 0.1) is 0 Å². The molecule has 4 bridgehead atoms. The Labute approximate surface area is 116 Å². The number of hydrogen-bond acceptors (Lipinski definition) is 0. The number of rotatable bonds is 2. The molecule has 5 aliphatic rings. The van der Waals surface area contributed by atoms with Crippen molar-refractivity contribution >= 4 is 0 Å². The molecule has 0 nitrogen and oxygen atoms in total. The maximum Gasteiger partial charge on any atom is -0.00360 e. The first-order valence-electron chi connectivity index (χ1n) is 8.33. The van der Waals surface area contributed by atoms with Gasteiger partial charge in [0.25, 0.3) is 0 Å². The average molecular weight is 251 g/mol. The zero-order chi connectivity index (χ0) is 12.4. The van der Waals surface area contributed by atoms with E-state index in [-0.39, 0.29) is 0 Å². The Balaban J connectivity index is 1.62. The summed E-state index contributed by atoms with van der Waals surface area (Å²) in [6, 6.07) is 10.5. The molecule has 1 radical (unpaired) electrons. The van der Waals surface area contributed by atoms with Crippen LogP contribution in [-0.2, 0) is 5.41 Å². The molecule has 6 rings (SSSR count). The van der Waals surface area contributed by atoms with Gasteiger partial charge in [-0.25, -0.2) is 0 Å². The van der Waals surface area contributed by atoms with Gasteiger partial charge in [-0.15, -0.1) is 0 Å². The van der Waals surface area contributed by atoms with Crippen molar-refractivity contribution in [2.24, 2.45) is 17.8 Å². The first-order valence-corrected chi connectivity index (χ1v) is 8.33. The third-order valence-corrected chi connectivity index (χ3v) is 6.48. The second-order valence-electron chi connectivity index (χ2n) is 7.97. The lowest BCUT2D eigenvalue weighted by Crippen LogP contribution is -2.48. The molecule has 0 unspecified atom stereocenters. The lowest BCUT2D eigenvalue weighted by molar-refractivity contribution is -0.00559. The smallest absolute Gasteiger partial charge is 0.00360 e. The van der Waals surface area contributed by atoms with Crippen LogP contribution >= 0.6 is 0 Å². The molecule has 0 aliphatic heterocycles. The summed E-state index contributed by atoms with van der Waals surface area (Å²) in [7, 11) is 0. The normalized spacial score (nSPS) is 43.7. The minimum atomic E-state index is 0.574. The van der Waals surface area contributed by atoms with Gasteiger partial charge < -0.3 is 0 Å². The highest BCUT2D eigenvalue weighted by molar-refractivity contribution is 5.40. The zero-order valence-electron chi connectivity index (χ0n) is 11.7. The first-order chi connectivity index (χ1) is 9.32. The van der Waals surface area contributed by atoms with Crippen LogP contribution in [0.2, 0.25) is 0 Å². The van der Waals surface area contributed by atoms with E-state index >= 15 is 0 Å². The Hall–Kier alpha value is -0.780. The van der Waals surface area contributed by atoms with E-state index in [4.69, 9.17) is 0 Å². The molecule has 1 aromatic rings. The summed E-state index contributed by atoms with van der Waals surface area (Å²) in [5.74, 6) is 4.03. The highest BCUT2D eigenvalue weighted by atomic mass is 14.6. The third kappa shape index (κ3) is 1.58. The molecule has 19 heavy (non-hydrogen) atoms. The fraction of sp³-hybridized carbons (Fsp3) is 0.684. The highest BCUT2D eigenvalue weighted by Gasteiger charge is 2.52. The summed E-state index contributed by atoms with van der Waals surface area (Å²) < 4.78 is 0. The van der Waals surface area contributed by atoms with Gasteiger partial charge in [0.1, 0.15) is 0 Å². The van der Waals surface area contributed by atoms with Crippen LogP contribution in [0.3, 0.4) is 0 Å². The molecule has 1 aromatic carbocycles. The van der Waals surface area contributed by atoms with Crippen LogP contribution < -0.4 is 0 Å². The van der Waals surface area contributed by atoms with Gasteiger partial charge >= 0.3 is 0 Å². The second kappa shape index (κ2) is 3.65. The molecular formula is C19H23. The molecule has 0 atom stereocenters. The summed E-state index contributed by atoms with van der Waals surface area (Å²) in [5.41, 5.74) is 3.92. The molecule has 0 aromatic heterocycles. The predicted octanol–water partition coefficient (Wildman–Crippen LogP) is 4.83. The molecule has 99 valence electrons. The van der Waals surface area contributed by atoms with Crippen LogP contribution in [0, 0.1) is 23.8 Å². The van der Waals surface area contributed by atoms with E-state index in [1.54, 1.807) is 30.4 Å². The van der Waals surface area contributed by atoms with Gasteiger partial charge in [-0.2, -0.15) is 0 Å². The topological polar surface area (TPSA) is 0 Å². The predicted molar refractivity (Wildman–Crippen MR) is 77.1 cm³/mol. The van der Waals surface area contributed by atoms with Gasteiger partial charge in [-0.05, 0) is 97.6 Å². The molecule has 0 spiro atoms. The molecule has 5 saturated carbocycles. The molecule has 0 saturated heterocycles. The lowest BCUT2D eigenvalue weighted by Gasteiger charge is -2.57. The van der Waals surface area contributed by atoms with E-state index in [0.29, 0.717) is 5.41 Å². The fourth-order valence-corrected chi connectivity index (χ4v) is 6.06. The molecule has 5 fully saturated rings. The van der Waals surface area contributed by atoms with E-state index in [1.807, 2.05) is 0 Å². The van der Waals surface area contributed by atoms with Crippen LogP contribution in [0.15, 0.2) is 18.2 Å². The Kier molecular flexibility index (Phi) is 2.10. The minimum Gasteiger partial charge on any atom is -0.0613 e. The van der Waals surface area contributed by atoms with E-state index in [2.05, 4.69) is 24.3 Å². The zero-order valence-corrected chi connectivity index (χ0v) is 11.7. The molecule has 0 heteroatoms. The van der Waals surface area contributed by atoms with Crippen molar-refractivity contribution in [3.63, 3.8) is 0 Å². The lowest BCUT2D eigenvalue weighted by atomic mass is 9.47. The Morgan fingerprint density at radius 2 is 1.58 bits per heavy atom. The molecule has 0 N–H and O–H groups in total. The van der Waals surface area contributed by atoms with Gasteiger partial charge in [-0.1, -0.05) is 18.2 Å². The van der Waals surface area contributed by atoms with Crippen molar-refractivity contribution in [1.29, 1.82) is 0 Å². The number of hydrogen-bond donors (Lipinski definition) is 0. The Bertz CT molecular complexity index is 473. The van der Waals surface area contributed by atoms with Crippen LogP contribution in [0.4, 0.5) is 0 Å². The van der Waals surface area contributed by atoms with E-state index in [0.717, 1.165) is 23.7 Å². The molecule has 0 amide bonds. The maximum atomic E-state index is 3.62. The summed E-state index contributed by atoms with van der Waals surface area (Å²) >= 11 is 0. The van der Waals surface area contributed by atoms with Crippen molar-refractivity contribution in [3.05, 3.63) is 35.4 Å². The third-order valence-electron chi connectivity index (χ3n) is 6.48. The molecule has 5 aliphatic carbocycles. The fourth-order valence-electron chi connectivity index (χ4n) is 6.06. The van der Waals surface area contributed by atoms with Crippen LogP contribution in [-0.4, -0.2) is 0 Å². The monoisotopic (exact) mass is 251 g/mol. The van der Waals surface area contributed by atoms with Crippen molar-refractivity contribution < 1.29 is 0 Å². The number of benzene rings is 1. The molecule has 0 heterocycles. The summed E-state index contributed by atoms with van der Waals surface area (Å²) in [6.45, 7) is 0. The summed E-state index contributed by atoms with van der Waals surface area (Å²) in [4.78, 5) is 0. The Morgan fingerprint density at radius 3 is 2.16 bits per heavy atom. The van der Waals surface area contributed by atoms with Crippen LogP contribution in [0.1, 0.15) is 68.4 Å². The maximum absolute atomic E-state index is 3.62.